The van der Waals surface area contributed by atoms with Gasteiger partial charge in [0, 0.05) is 19.6 Å². The van der Waals surface area contributed by atoms with Crippen LogP contribution in [0.4, 0.5) is 0 Å². The van der Waals surface area contributed by atoms with Crippen molar-refractivity contribution in [1.29, 1.82) is 0 Å². The molecule has 0 atom stereocenters. The van der Waals surface area contributed by atoms with Gasteiger partial charge in [0.15, 0.2) is 0 Å². The Morgan fingerprint density at radius 2 is 2.18 bits per heavy atom. The number of hydrazine groups is 1. The molecule has 0 amide bonds. The van der Waals surface area contributed by atoms with Crippen LogP contribution < -0.4 is 5.43 Å². The van der Waals surface area contributed by atoms with Gasteiger partial charge >= 0.3 is 0 Å². The zero-order chi connectivity index (χ0) is 12.1. The van der Waals surface area contributed by atoms with Crippen LogP contribution in [0.25, 0.3) is 0 Å². The Hall–Kier alpha value is -0.980. The average molecular weight is 239 g/mol. The summed E-state index contributed by atoms with van der Waals surface area (Å²) in [5.41, 5.74) is 3.37. The van der Waals surface area contributed by atoms with E-state index in [1.165, 1.54) is 0 Å². The maximum absolute atomic E-state index is 5.30. The highest BCUT2D eigenvalue weighted by molar-refractivity contribution is 4.83. The van der Waals surface area contributed by atoms with Gasteiger partial charge in [0.25, 0.3) is 0 Å². The molecule has 0 bridgehead atoms. The standard InChI is InChI=1S/C11H21N5O/c1-10(2)8-16-11(12-9-14-16)7-13-15-3-5-17-6-4-15/h9-10,13H,3-8H2,1-2H3. The summed E-state index contributed by atoms with van der Waals surface area (Å²) in [7, 11) is 0. The summed E-state index contributed by atoms with van der Waals surface area (Å²) < 4.78 is 7.27. The Morgan fingerprint density at radius 3 is 2.88 bits per heavy atom. The molecule has 2 heterocycles. The van der Waals surface area contributed by atoms with Gasteiger partial charge < -0.3 is 4.74 Å². The molecule has 0 spiro atoms. The fraction of sp³-hybridized carbons (Fsp3) is 0.818. The zero-order valence-electron chi connectivity index (χ0n) is 10.6. The van der Waals surface area contributed by atoms with E-state index in [0.29, 0.717) is 5.92 Å². The second-order valence-corrected chi connectivity index (χ2v) is 4.69. The highest BCUT2D eigenvalue weighted by Crippen LogP contribution is 2.01. The summed E-state index contributed by atoms with van der Waals surface area (Å²) in [6.45, 7) is 9.46. The third kappa shape index (κ3) is 3.76. The summed E-state index contributed by atoms with van der Waals surface area (Å²) in [6, 6.07) is 0. The monoisotopic (exact) mass is 239 g/mol. The summed E-state index contributed by atoms with van der Waals surface area (Å²) in [5, 5.41) is 6.42. The Morgan fingerprint density at radius 1 is 1.41 bits per heavy atom. The topological polar surface area (TPSA) is 55.2 Å². The molecule has 1 aliphatic rings. The predicted molar refractivity (Wildman–Crippen MR) is 64.1 cm³/mol. The van der Waals surface area contributed by atoms with Crippen molar-refractivity contribution in [1.82, 2.24) is 25.2 Å². The van der Waals surface area contributed by atoms with Crippen molar-refractivity contribution in [3.05, 3.63) is 12.2 Å². The third-order valence-corrected chi connectivity index (χ3v) is 2.71. The average Bonchev–Trinajstić information content (AvgIpc) is 2.74. The second-order valence-electron chi connectivity index (χ2n) is 4.69. The first kappa shape index (κ1) is 12.5. The Balaban J connectivity index is 1.83. The molecule has 0 radical (unpaired) electrons. The van der Waals surface area contributed by atoms with Crippen LogP contribution in [-0.2, 0) is 17.8 Å². The van der Waals surface area contributed by atoms with E-state index >= 15 is 0 Å². The van der Waals surface area contributed by atoms with E-state index in [0.717, 1.165) is 45.2 Å². The van der Waals surface area contributed by atoms with Crippen LogP contribution in [0.3, 0.4) is 0 Å². The molecule has 1 aromatic rings. The number of morpholine rings is 1. The first-order chi connectivity index (χ1) is 8.25. The molecule has 1 aliphatic heterocycles. The lowest BCUT2D eigenvalue weighted by Gasteiger charge is -2.27. The predicted octanol–water partition coefficient (Wildman–Crippen LogP) is 0.271. The number of aromatic nitrogens is 3. The van der Waals surface area contributed by atoms with Crippen molar-refractivity contribution in [2.45, 2.75) is 26.9 Å². The fourth-order valence-corrected chi connectivity index (χ4v) is 1.83. The lowest BCUT2D eigenvalue weighted by molar-refractivity contribution is 0.00985. The van der Waals surface area contributed by atoms with Crippen LogP contribution >= 0.6 is 0 Å². The van der Waals surface area contributed by atoms with Crippen molar-refractivity contribution >= 4 is 0 Å². The molecule has 1 saturated heterocycles. The number of ether oxygens (including phenoxy) is 1. The maximum atomic E-state index is 5.30. The lowest BCUT2D eigenvalue weighted by Crippen LogP contribution is -2.45. The largest absolute Gasteiger partial charge is 0.379 e. The minimum atomic E-state index is 0.582. The minimum Gasteiger partial charge on any atom is -0.379 e. The van der Waals surface area contributed by atoms with E-state index in [9.17, 15) is 0 Å². The van der Waals surface area contributed by atoms with Gasteiger partial charge in [-0.25, -0.2) is 20.1 Å². The van der Waals surface area contributed by atoms with Gasteiger partial charge in [-0.15, -0.1) is 0 Å². The van der Waals surface area contributed by atoms with E-state index in [2.05, 4.69) is 34.4 Å². The molecular weight excluding hydrogens is 218 g/mol. The zero-order valence-corrected chi connectivity index (χ0v) is 10.6. The van der Waals surface area contributed by atoms with E-state index in [1.807, 2.05) is 4.68 Å². The molecule has 0 aromatic carbocycles. The SMILES string of the molecule is CC(C)Cn1ncnc1CNN1CCOCC1. The van der Waals surface area contributed by atoms with Gasteiger partial charge in [-0.3, -0.25) is 0 Å². The number of hydrogen-bond acceptors (Lipinski definition) is 5. The molecule has 0 saturated carbocycles. The van der Waals surface area contributed by atoms with Crippen molar-refractivity contribution < 1.29 is 4.74 Å². The minimum absolute atomic E-state index is 0.582. The van der Waals surface area contributed by atoms with Crippen molar-refractivity contribution in [3.63, 3.8) is 0 Å². The first-order valence-corrected chi connectivity index (χ1v) is 6.18. The third-order valence-electron chi connectivity index (χ3n) is 2.71. The van der Waals surface area contributed by atoms with Crippen LogP contribution in [0.1, 0.15) is 19.7 Å². The van der Waals surface area contributed by atoms with Crippen LogP contribution in [-0.4, -0.2) is 46.1 Å². The molecule has 1 aromatic heterocycles. The quantitative estimate of drug-likeness (QED) is 0.799. The summed E-state index contributed by atoms with van der Waals surface area (Å²) in [6.07, 6.45) is 1.62. The molecular formula is C11H21N5O. The molecule has 1 fully saturated rings. The molecule has 0 aliphatic carbocycles. The number of rotatable bonds is 5. The fourth-order valence-electron chi connectivity index (χ4n) is 1.83. The summed E-state index contributed by atoms with van der Waals surface area (Å²) in [4.78, 5) is 4.29. The smallest absolute Gasteiger partial charge is 0.142 e. The Labute approximate surface area is 102 Å². The Bertz CT molecular complexity index is 332. The van der Waals surface area contributed by atoms with Crippen LogP contribution in [0.2, 0.25) is 0 Å². The highest BCUT2D eigenvalue weighted by Gasteiger charge is 2.11. The van der Waals surface area contributed by atoms with Gasteiger partial charge in [0.05, 0.1) is 19.8 Å². The van der Waals surface area contributed by atoms with E-state index in [1.54, 1.807) is 6.33 Å². The van der Waals surface area contributed by atoms with Gasteiger partial charge in [0.2, 0.25) is 0 Å². The highest BCUT2D eigenvalue weighted by atomic mass is 16.5. The number of hydrogen-bond donors (Lipinski definition) is 1. The molecule has 17 heavy (non-hydrogen) atoms. The normalized spacial score (nSPS) is 17.8. The lowest BCUT2D eigenvalue weighted by atomic mass is 10.2. The summed E-state index contributed by atoms with van der Waals surface area (Å²) >= 11 is 0. The van der Waals surface area contributed by atoms with Gasteiger partial charge in [-0.05, 0) is 5.92 Å². The molecule has 0 unspecified atom stereocenters. The maximum Gasteiger partial charge on any atom is 0.142 e. The van der Waals surface area contributed by atoms with Crippen molar-refractivity contribution in [2.24, 2.45) is 5.92 Å². The van der Waals surface area contributed by atoms with Gasteiger partial charge in [-0.1, -0.05) is 13.8 Å². The van der Waals surface area contributed by atoms with Crippen LogP contribution in [0, 0.1) is 5.92 Å². The molecule has 6 nitrogen and oxygen atoms in total. The number of nitrogens with one attached hydrogen (secondary N) is 1. The first-order valence-electron chi connectivity index (χ1n) is 6.18. The molecule has 1 N–H and O–H groups in total. The number of nitrogens with zero attached hydrogens (tertiary/aromatic N) is 4. The van der Waals surface area contributed by atoms with Crippen molar-refractivity contribution in [3.8, 4) is 0 Å². The molecule has 96 valence electrons. The molecule has 2 rings (SSSR count). The van der Waals surface area contributed by atoms with E-state index in [4.69, 9.17) is 4.74 Å². The summed E-state index contributed by atoms with van der Waals surface area (Å²) in [5.74, 6) is 1.57. The van der Waals surface area contributed by atoms with Gasteiger partial charge in [0.1, 0.15) is 12.2 Å². The van der Waals surface area contributed by atoms with Crippen LogP contribution in [0.5, 0.6) is 0 Å². The Kier molecular flexibility index (Phi) is 4.47. The van der Waals surface area contributed by atoms with E-state index < -0.39 is 0 Å². The van der Waals surface area contributed by atoms with Crippen molar-refractivity contribution in [2.75, 3.05) is 26.3 Å². The molecule has 6 heteroatoms. The van der Waals surface area contributed by atoms with Crippen LogP contribution in [0.15, 0.2) is 6.33 Å². The van der Waals surface area contributed by atoms with E-state index in [-0.39, 0.29) is 0 Å². The van der Waals surface area contributed by atoms with Gasteiger partial charge in [-0.2, -0.15) is 5.10 Å². The second kappa shape index (κ2) is 6.09.